The SMILES string of the molecule is CC1=[C-]C(C)(C)C(C)=C1C.C[O-].O=C(O)c1cccc2ccccc12.O=C(O)c1cccc2ccccc12.[Ti+2]. The molecule has 0 saturated carbocycles. The van der Waals surface area contributed by atoms with Gasteiger partial charge >= 0.3 is 33.7 Å². The summed E-state index contributed by atoms with van der Waals surface area (Å²) in [5, 5.41) is 29.5. The molecule has 4 aromatic rings. The van der Waals surface area contributed by atoms with Crippen LogP contribution in [0.1, 0.15) is 55.3 Å². The summed E-state index contributed by atoms with van der Waals surface area (Å²) in [5.74, 6) is -1.76. The molecule has 0 atom stereocenters. The zero-order valence-corrected chi connectivity index (χ0v) is 24.8. The normalized spacial score (nSPS) is 12.9. The maximum absolute atomic E-state index is 10.8. The van der Waals surface area contributed by atoms with Crippen molar-refractivity contribution in [1.29, 1.82) is 0 Å². The number of rotatable bonds is 2. The van der Waals surface area contributed by atoms with Crippen LogP contribution in [-0.4, -0.2) is 29.3 Å². The smallest absolute Gasteiger partial charge is 0.857 e. The number of aromatic carboxylic acids is 2. The van der Waals surface area contributed by atoms with Gasteiger partial charge in [0.15, 0.2) is 0 Å². The van der Waals surface area contributed by atoms with Crippen molar-refractivity contribution in [3.05, 3.63) is 119 Å². The van der Waals surface area contributed by atoms with Crippen molar-refractivity contribution in [1.82, 2.24) is 0 Å². The molecule has 5 nitrogen and oxygen atoms in total. The molecular weight excluding hydrogens is 524 g/mol. The average Bonchev–Trinajstić information content (AvgIpc) is 3.10. The van der Waals surface area contributed by atoms with Gasteiger partial charge in [-0.15, -0.1) is 6.92 Å². The number of allylic oxidation sites excluding steroid dienone is 4. The summed E-state index contributed by atoms with van der Waals surface area (Å²) >= 11 is 0. The van der Waals surface area contributed by atoms with E-state index in [2.05, 4.69) is 40.7 Å². The Kier molecular flexibility index (Phi) is 13.0. The summed E-state index contributed by atoms with van der Waals surface area (Å²) in [5.41, 5.74) is 5.11. The molecule has 4 aromatic carbocycles. The minimum Gasteiger partial charge on any atom is -0.857 e. The number of hydrogen-bond acceptors (Lipinski definition) is 3. The molecule has 0 radical (unpaired) electrons. The zero-order valence-electron chi connectivity index (χ0n) is 23.2. The van der Waals surface area contributed by atoms with Gasteiger partial charge in [-0.2, -0.15) is 18.3 Å². The molecule has 200 valence electrons. The Morgan fingerprint density at radius 1 is 0.667 bits per heavy atom. The number of fused-ring (bicyclic) bond motifs is 2. The van der Waals surface area contributed by atoms with Crippen molar-refractivity contribution in [3.8, 4) is 0 Å². The van der Waals surface area contributed by atoms with Crippen molar-refractivity contribution < 1.29 is 46.6 Å². The van der Waals surface area contributed by atoms with Crippen LogP contribution in [0.4, 0.5) is 0 Å². The van der Waals surface area contributed by atoms with Crippen molar-refractivity contribution in [2.45, 2.75) is 34.6 Å². The number of carbonyl (C=O) groups is 2. The van der Waals surface area contributed by atoms with Crippen molar-refractivity contribution in [2.24, 2.45) is 5.41 Å². The second kappa shape index (κ2) is 15.2. The molecule has 0 unspecified atom stereocenters. The van der Waals surface area contributed by atoms with Crippen LogP contribution in [0.5, 0.6) is 0 Å². The third kappa shape index (κ3) is 8.49. The Balaban J connectivity index is 0.000000283. The van der Waals surface area contributed by atoms with E-state index < -0.39 is 11.9 Å². The molecule has 0 bridgehead atoms. The molecule has 0 aliphatic heterocycles. The number of benzene rings is 4. The molecule has 0 spiro atoms. The second-order valence-electron chi connectivity index (χ2n) is 9.29. The average molecular weight is 558 g/mol. The maximum Gasteiger partial charge on any atom is 2.00 e. The zero-order chi connectivity index (χ0) is 28.5. The van der Waals surface area contributed by atoms with E-state index in [4.69, 9.17) is 15.3 Å². The van der Waals surface area contributed by atoms with Crippen molar-refractivity contribution in [2.75, 3.05) is 7.11 Å². The maximum atomic E-state index is 10.8. The van der Waals surface area contributed by atoms with E-state index in [1.54, 1.807) is 24.3 Å². The van der Waals surface area contributed by atoms with Crippen LogP contribution >= 0.6 is 0 Å². The fourth-order valence-corrected chi connectivity index (χ4v) is 4.23. The first-order chi connectivity index (χ1) is 18.0. The molecule has 0 heterocycles. The first kappa shape index (κ1) is 33.5. The van der Waals surface area contributed by atoms with Crippen LogP contribution < -0.4 is 5.11 Å². The second-order valence-corrected chi connectivity index (χ2v) is 9.29. The summed E-state index contributed by atoms with van der Waals surface area (Å²) in [6, 6.07) is 25.5. The van der Waals surface area contributed by atoms with Crippen LogP contribution in [0.15, 0.2) is 102 Å². The molecule has 0 saturated heterocycles. The molecule has 2 N–H and O–H groups in total. The van der Waals surface area contributed by atoms with Crippen molar-refractivity contribution >= 4 is 33.5 Å². The first-order valence-electron chi connectivity index (χ1n) is 12.2. The standard InChI is InChI=1S/2C11H8O2.C10H15.CH3O.Ti/c2*12-11(13)10-7-3-5-8-4-1-2-6-9(8)10;1-7-6-10(4,5)9(3)8(7)2;1-2;/h2*1-7H,(H,12,13);1-5H3;1H3;/q;;2*-1;+2. The van der Waals surface area contributed by atoms with E-state index in [1.807, 2.05) is 60.7 Å². The minimum atomic E-state index is -0.878. The predicted octanol–water partition coefficient (Wildman–Crippen LogP) is 7.16. The quantitative estimate of drug-likeness (QED) is 0.201. The van der Waals surface area contributed by atoms with Gasteiger partial charge in [0.25, 0.3) is 0 Å². The van der Waals surface area contributed by atoms with Crippen LogP contribution in [0.25, 0.3) is 21.5 Å². The van der Waals surface area contributed by atoms with Gasteiger partial charge in [-0.1, -0.05) is 106 Å². The van der Waals surface area contributed by atoms with E-state index >= 15 is 0 Å². The Morgan fingerprint density at radius 3 is 1.31 bits per heavy atom. The minimum absolute atomic E-state index is 0. The van der Waals surface area contributed by atoms with Gasteiger partial charge in [-0.3, -0.25) is 6.08 Å². The third-order valence-electron chi connectivity index (χ3n) is 6.60. The van der Waals surface area contributed by atoms with Crippen LogP contribution in [0, 0.1) is 11.5 Å². The topological polar surface area (TPSA) is 97.7 Å². The monoisotopic (exact) mass is 558 g/mol. The summed E-state index contributed by atoms with van der Waals surface area (Å²) in [7, 11) is 0.750. The molecule has 5 rings (SSSR count). The largest absolute Gasteiger partial charge is 2.00 e. The van der Waals surface area contributed by atoms with Crippen LogP contribution in [0.3, 0.4) is 0 Å². The predicted molar refractivity (Wildman–Crippen MR) is 152 cm³/mol. The Labute approximate surface area is 245 Å². The van der Waals surface area contributed by atoms with E-state index in [-0.39, 0.29) is 27.1 Å². The van der Waals surface area contributed by atoms with Crippen LogP contribution in [0.2, 0.25) is 0 Å². The van der Waals surface area contributed by atoms with Gasteiger partial charge in [0.2, 0.25) is 0 Å². The molecule has 0 fully saturated rings. The van der Waals surface area contributed by atoms with E-state index in [0.29, 0.717) is 11.1 Å². The van der Waals surface area contributed by atoms with Gasteiger partial charge in [0.05, 0.1) is 11.1 Å². The van der Waals surface area contributed by atoms with E-state index in [0.717, 1.165) is 28.7 Å². The van der Waals surface area contributed by atoms with Gasteiger partial charge in [0, 0.05) is 0 Å². The van der Waals surface area contributed by atoms with E-state index in [1.165, 1.54) is 16.7 Å². The fourth-order valence-electron chi connectivity index (χ4n) is 4.23. The van der Waals surface area contributed by atoms with Gasteiger partial charge in [-0.25, -0.2) is 15.2 Å². The Hall–Kier alpha value is -3.51. The molecule has 1 aliphatic rings. The fraction of sp³-hybridized carbons (Fsp3) is 0.212. The molecule has 0 amide bonds. The molecular formula is C33H34O5Ti. The molecule has 0 aromatic heterocycles. The van der Waals surface area contributed by atoms with Gasteiger partial charge in [-0.05, 0) is 33.7 Å². The summed E-state index contributed by atoms with van der Waals surface area (Å²) in [6.45, 7) is 10.9. The van der Waals surface area contributed by atoms with Crippen molar-refractivity contribution in [3.63, 3.8) is 0 Å². The number of hydrogen-bond donors (Lipinski definition) is 2. The third-order valence-corrected chi connectivity index (χ3v) is 6.60. The first-order valence-corrected chi connectivity index (χ1v) is 12.2. The molecule has 6 heteroatoms. The Bertz CT molecular complexity index is 1400. The number of carboxylic acids is 2. The number of carboxylic acid groups (broad SMARTS) is 2. The summed E-state index contributed by atoms with van der Waals surface area (Å²) < 4.78 is 0. The molecule has 39 heavy (non-hydrogen) atoms. The summed E-state index contributed by atoms with van der Waals surface area (Å²) in [6.07, 6.45) is 3.44. The van der Waals surface area contributed by atoms with Gasteiger partial charge < -0.3 is 15.3 Å². The summed E-state index contributed by atoms with van der Waals surface area (Å²) in [4.78, 5) is 21.6. The molecule has 1 aliphatic carbocycles. The van der Waals surface area contributed by atoms with E-state index in [9.17, 15) is 9.59 Å². The Morgan fingerprint density at radius 2 is 1.03 bits per heavy atom. The van der Waals surface area contributed by atoms with Crippen LogP contribution in [-0.2, 0) is 21.7 Å². The van der Waals surface area contributed by atoms with Gasteiger partial charge in [0.1, 0.15) is 0 Å².